The highest BCUT2D eigenvalue weighted by Crippen LogP contribution is 2.21. The van der Waals surface area contributed by atoms with Gasteiger partial charge in [0.25, 0.3) is 0 Å². The number of benzene rings is 1. The number of carbonyl (C=O) groups excluding carboxylic acids is 1. The number of aromatic nitrogens is 1. The molecule has 0 atom stereocenters. The van der Waals surface area contributed by atoms with Crippen molar-refractivity contribution in [1.82, 2.24) is 4.57 Å². The van der Waals surface area contributed by atoms with E-state index in [0.29, 0.717) is 6.42 Å². The largest absolute Gasteiger partial charge is 0.319 e. The third kappa shape index (κ3) is 2.10. The van der Waals surface area contributed by atoms with Crippen LogP contribution in [0.4, 0.5) is 0 Å². The number of aryl methyl sites for hydroxylation is 1. The zero-order chi connectivity index (χ0) is 11.7. The minimum atomic E-state index is -0.0822. The quantitative estimate of drug-likeness (QED) is 0.797. The summed E-state index contributed by atoms with van der Waals surface area (Å²) in [5, 5.41) is 0. The zero-order valence-corrected chi connectivity index (χ0v) is 11.4. The van der Waals surface area contributed by atoms with Gasteiger partial charge in [-0.1, -0.05) is 34.2 Å². The van der Waals surface area contributed by atoms with Gasteiger partial charge in [0.15, 0.2) is 4.80 Å². The van der Waals surface area contributed by atoms with Crippen LogP contribution in [-0.2, 0) is 11.8 Å². The number of hydrogen-bond acceptors (Lipinski definition) is 2. The van der Waals surface area contributed by atoms with Crippen LogP contribution in [0.15, 0.2) is 27.7 Å². The molecular weight excluding hydrogens is 288 g/mol. The lowest BCUT2D eigenvalue weighted by atomic mass is 10.3. The van der Waals surface area contributed by atoms with E-state index in [1.165, 1.54) is 11.3 Å². The van der Waals surface area contributed by atoms with E-state index in [-0.39, 0.29) is 5.91 Å². The second-order valence-electron chi connectivity index (χ2n) is 3.41. The van der Waals surface area contributed by atoms with Crippen molar-refractivity contribution in [3.05, 3.63) is 27.5 Å². The summed E-state index contributed by atoms with van der Waals surface area (Å²) < 4.78 is 4.11. The first-order valence-corrected chi connectivity index (χ1v) is 6.55. The van der Waals surface area contributed by atoms with Crippen molar-refractivity contribution in [2.75, 3.05) is 0 Å². The number of thiazole rings is 1. The van der Waals surface area contributed by atoms with Crippen LogP contribution in [0.1, 0.15) is 13.3 Å². The Morgan fingerprint density at radius 2 is 2.31 bits per heavy atom. The molecule has 0 saturated heterocycles. The molecule has 1 amide bonds. The van der Waals surface area contributed by atoms with Crippen LogP contribution in [0.25, 0.3) is 10.2 Å². The number of fused-ring (bicyclic) bond motifs is 1. The van der Waals surface area contributed by atoms with Crippen molar-refractivity contribution >= 4 is 43.4 Å². The number of nitrogens with zero attached hydrogens (tertiary/aromatic N) is 2. The maximum atomic E-state index is 11.3. The van der Waals surface area contributed by atoms with Gasteiger partial charge >= 0.3 is 0 Å². The lowest BCUT2D eigenvalue weighted by Crippen LogP contribution is -2.12. The molecule has 1 aromatic carbocycles. The summed E-state index contributed by atoms with van der Waals surface area (Å²) in [6, 6.07) is 6.04. The molecule has 0 fully saturated rings. The second kappa shape index (κ2) is 4.51. The van der Waals surface area contributed by atoms with Crippen molar-refractivity contribution in [3.8, 4) is 0 Å². The molecule has 0 aliphatic carbocycles. The zero-order valence-electron chi connectivity index (χ0n) is 9.03. The summed E-state index contributed by atoms with van der Waals surface area (Å²) >= 11 is 4.96. The van der Waals surface area contributed by atoms with E-state index in [2.05, 4.69) is 20.9 Å². The summed E-state index contributed by atoms with van der Waals surface area (Å²) in [5.41, 5.74) is 1.09. The van der Waals surface area contributed by atoms with Gasteiger partial charge in [-0.05, 0) is 18.2 Å². The van der Waals surface area contributed by atoms with Gasteiger partial charge in [-0.25, -0.2) is 0 Å². The molecule has 2 aromatic rings. The Kier molecular flexibility index (Phi) is 3.25. The highest BCUT2D eigenvalue weighted by Gasteiger charge is 2.04. The van der Waals surface area contributed by atoms with E-state index in [1.807, 2.05) is 36.7 Å². The van der Waals surface area contributed by atoms with Crippen LogP contribution in [-0.4, -0.2) is 10.5 Å². The van der Waals surface area contributed by atoms with Crippen molar-refractivity contribution in [1.29, 1.82) is 0 Å². The van der Waals surface area contributed by atoms with Crippen LogP contribution < -0.4 is 4.80 Å². The van der Waals surface area contributed by atoms with Gasteiger partial charge in [0, 0.05) is 17.9 Å². The first-order valence-electron chi connectivity index (χ1n) is 4.94. The van der Waals surface area contributed by atoms with Crippen molar-refractivity contribution in [2.24, 2.45) is 12.0 Å². The Bertz CT molecular complexity index is 612. The van der Waals surface area contributed by atoms with E-state index in [9.17, 15) is 4.79 Å². The number of halogens is 1. The van der Waals surface area contributed by atoms with Gasteiger partial charge in [0.05, 0.1) is 10.2 Å². The van der Waals surface area contributed by atoms with Gasteiger partial charge < -0.3 is 4.57 Å². The van der Waals surface area contributed by atoms with Crippen LogP contribution >= 0.6 is 27.3 Å². The smallest absolute Gasteiger partial charge is 0.248 e. The summed E-state index contributed by atoms with van der Waals surface area (Å²) in [7, 11) is 1.93. The SMILES string of the molecule is CCC(=O)N=c1sc2cc(Br)ccc2n1C. The molecule has 0 radical (unpaired) electrons. The Morgan fingerprint density at radius 1 is 1.56 bits per heavy atom. The predicted octanol–water partition coefficient (Wildman–Crippen LogP) is 2.84. The lowest BCUT2D eigenvalue weighted by Gasteiger charge is -1.94. The first-order chi connectivity index (χ1) is 7.61. The molecule has 3 nitrogen and oxygen atoms in total. The van der Waals surface area contributed by atoms with Gasteiger partial charge in [-0.15, -0.1) is 0 Å². The third-order valence-electron chi connectivity index (χ3n) is 2.29. The highest BCUT2D eigenvalue weighted by atomic mass is 79.9. The normalized spacial score (nSPS) is 12.3. The van der Waals surface area contributed by atoms with E-state index < -0.39 is 0 Å². The standard InChI is InChI=1S/C11H11BrN2OS/c1-3-10(15)13-11-14(2)8-5-4-7(12)6-9(8)16-11/h4-6H,3H2,1-2H3. The topological polar surface area (TPSA) is 34.4 Å². The maximum absolute atomic E-state index is 11.3. The molecule has 0 unspecified atom stereocenters. The fraction of sp³-hybridized carbons (Fsp3) is 0.273. The Labute approximate surface area is 106 Å². The fourth-order valence-electron chi connectivity index (χ4n) is 1.40. The number of rotatable bonds is 1. The molecule has 0 aliphatic rings. The minimum Gasteiger partial charge on any atom is -0.319 e. The maximum Gasteiger partial charge on any atom is 0.248 e. The molecule has 1 heterocycles. The van der Waals surface area contributed by atoms with Crippen LogP contribution in [0.2, 0.25) is 0 Å². The molecule has 5 heteroatoms. The Morgan fingerprint density at radius 3 is 3.00 bits per heavy atom. The summed E-state index contributed by atoms with van der Waals surface area (Å²) in [5.74, 6) is -0.0822. The van der Waals surface area contributed by atoms with Crippen LogP contribution in [0, 0.1) is 0 Å². The number of amides is 1. The molecule has 0 saturated carbocycles. The second-order valence-corrected chi connectivity index (χ2v) is 5.34. The van der Waals surface area contributed by atoms with Gasteiger partial charge in [0.1, 0.15) is 0 Å². The average Bonchev–Trinajstić information content (AvgIpc) is 2.55. The lowest BCUT2D eigenvalue weighted by molar-refractivity contribution is -0.117. The number of carbonyl (C=O) groups is 1. The van der Waals surface area contributed by atoms with Crippen LogP contribution in [0.3, 0.4) is 0 Å². The van der Waals surface area contributed by atoms with Gasteiger partial charge in [-0.2, -0.15) is 4.99 Å². The summed E-state index contributed by atoms with van der Waals surface area (Å²) in [6.45, 7) is 1.82. The Balaban J connectivity index is 2.69. The van der Waals surface area contributed by atoms with E-state index in [4.69, 9.17) is 0 Å². The molecule has 0 aliphatic heterocycles. The average molecular weight is 299 g/mol. The van der Waals surface area contributed by atoms with Crippen molar-refractivity contribution in [2.45, 2.75) is 13.3 Å². The molecule has 0 N–H and O–H groups in total. The predicted molar refractivity (Wildman–Crippen MR) is 69.4 cm³/mol. The third-order valence-corrected chi connectivity index (χ3v) is 3.88. The molecule has 0 bridgehead atoms. The van der Waals surface area contributed by atoms with Gasteiger partial charge in [-0.3, -0.25) is 4.79 Å². The van der Waals surface area contributed by atoms with Crippen molar-refractivity contribution < 1.29 is 4.79 Å². The molecule has 16 heavy (non-hydrogen) atoms. The monoisotopic (exact) mass is 298 g/mol. The van der Waals surface area contributed by atoms with E-state index in [1.54, 1.807) is 0 Å². The Hall–Kier alpha value is -0.940. The summed E-state index contributed by atoms with van der Waals surface area (Å²) in [4.78, 5) is 16.1. The molecular formula is C11H11BrN2OS. The summed E-state index contributed by atoms with van der Waals surface area (Å²) in [6.07, 6.45) is 0.442. The molecule has 1 aromatic heterocycles. The van der Waals surface area contributed by atoms with E-state index >= 15 is 0 Å². The highest BCUT2D eigenvalue weighted by molar-refractivity contribution is 9.10. The van der Waals surface area contributed by atoms with E-state index in [0.717, 1.165) is 19.5 Å². The number of hydrogen-bond donors (Lipinski definition) is 0. The molecule has 84 valence electrons. The molecule has 2 rings (SSSR count). The van der Waals surface area contributed by atoms with Crippen molar-refractivity contribution in [3.63, 3.8) is 0 Å². The fourth-order valence-corrected chi connectivity index (χ4v) is 2.99. The first kappa shape index (κ1) is 11.5. The minimum absolute atomic E-state index is 0.0822. The molecule has 0 spiro atoms. The van der Waals surface area contributed by atoms with Gasteiger partial charge in [0.2, 0.25) is 5.91 Å². The van der Waals surface area contributed by atoms with Crippen LogP contribution in [0.5, 0.6) is 0 Å².